The number of benzene rings is 1. The minimum Gasteiger partial charge on any atom is -0.394 e. The third-order valence-electron chi connectivity index (χ3n) is 3.50. The summed E-state index contributed by atoms with van der Waals surface area (Å²) in [6, 6.07) is 11.4. The standard InChI is InChI=1S/C18H17BrFN5O/c1-11(10-26)22-18-24-16(15-4-2-3-7-21-15)9-17(25-18)23-14-6-5-12(20)8-13(14)19/h2-9,11,26H,10H2,1H3,(H2,22,23,24,25)/t11-/m0/s1. The number of hydrogen-bond donors (Lipinski definition) is 3. The smallest absolute Gasteiger partial charge is 0.225 e. The van der Waals surface area contributed by atoms with Gasteiger partial charge in [0.1, 0.15) is 11.6 Å². The van der Waals surface area contributed by atoms with E-state index in [0.29, 0.717) is 33.3 Å². The monoisotopic (exact) mass is 417 g/mol. The number of aromatic nitrogens is 3. The first-order valence-corrected chi connectivity index (χ1v) is 8.74. The van der Waals surface area contributed by atoms with Crippen molar-refractivity contribution >= 4 is 33.4 Å². The number of anilines is 3. The Kier molecular flexibility index (Phi) is 5.75. The second-order valence-electron chi connectivity index (χ2n) is 5.65. The zero-order valence-electron chi connectivity index (χ0n) is 13.9. The van der Waals surface area contributed by atoms with Gasteiger partial charge in [0.05, 0.1) is 23.7 Å². The predicted octanol–water partition coefficient (Wildman–Crippen LogP) is 3.98. The number of nitrogens with one attached hydrogen (secondary N) is 2. The van der Waals surface area contributed by atoms with E-state index in [1.54, 1.807) is 18.3 Å². The Balaban J connectivity index is 1.98. The quantitative estimate of drug-likeness (QED) is 0.562. The summed E-state index contributed by atoms with van der Waals surface area (Å²) in [6.45, 7) is 1.77. The van der Waals surface area contributed by atoms with Gasteiger partial charge in [-0.1, -0.05) is 6.07 Å². The summed E-state index contributed by atoms with van der Waals surface area (Å²) < 4.78 is 13.9. The summed E-state index contributed by atoms with van der Waals surface area (Å²) in [4.78, 5) is 13.2. The van der Waals surface area contributed by atoms with Crippen LogP contribution in [0, 0.1) is 5.82 Å². The van der Waals surface area contributed by atoms with Gasteiger partial charge < -0.3 is 15.7 Å². The van der Waals surface area contributed by atoms with Crippen molar-refractivity contribution < 1.29 is 9.50 Å². The van der Waals surface area contributed by atoms with E-state index in [0.717, 1.165) is 0 Å². The lowest BCUT2D eigenvalue weighted by Gasteiger charge is -2.14. The molecule has 0 aliphatic carbocycles. The topological polar surface area (TPSA) is 83.0 Å². The van der Waals surface area contributed by atoms with E-state index in [-0.39, 0.29) is 18.5 Å². The molecule has 0 bridgehead atoms. The number of hydrogen-bond acceptors (Lipinski definition) is 6. The third kappa shape index (κ3) is 4.53. The maximum atomic E-state index is 13.3. The Labute approximate surface area is 158 Å². The van der Waals surface area contributed by atoms with E-state index < -0.39 is 0 Å². The van der Waals surface area contributed by atoms with Crippen LogP contribution >= 0.6 is 15.9 Å². The van der Waals surface area contributed by atoms with Crippen molar-refractivity contribution in [3.05, 3.63) is 59.0 Å². The molecule has 3 rings (SSSR count). The zero-order valence-corrected chi connectivity index (χ0v) is 15.5. The van der Waals surface area contributed by atoms with Gasteiger partial charge in [0.25, 0.3) is 0 Å². The second-order valence-corrected chi connectivity index (χ2v) is 6.51. The van der Waals surface area contributed by atoms with Gasteiger partial charge in [0, 0.05) is 22.8 Å². The molecule has 2 heterocycles. The van der Waals surface area contributed by atoms with Gasteiger partial charge in [-0.25, -0.2) is 9.37 Å². The third-order valence-corrected chi connectivity index (χ3v) is 4.15. The van der Waals surface area contributed by atoms with Gasteiger partial charge in [-0.2, -0.15) is 4.98 Å². The maximum Gasteiger partial charge on any atom is 0.225 e. The minimum atomic E-state index is -0.335. The van der Waals surface area contributed by atoms with Gasteiger partial charge in [-0.3, -0.25) is 4.98 Å². The Morgan fingerprint density at radius 1 is 1.15 bits per heavy atom. The van der Waals surface area contributed by atoms with E-state index >= 15 is 0 Å². The van der Waals surface area contributed by atoms with Crippen LogP contribution in [0.25, 0.3) is 11.4 Å². The van der Waals surface area contributed by atoms with Crippen molar-refractivity contribution in [1.82, 2.24) is 15.0 Å². The average molecular weight is 418 g/mol. The van der Waals surface area contributed by atoms with Crippen LogP contribution in [0.4, 0.5) is 21.8 Å². The number of aliphatic hydroxyl groups is 1. The Hall–Kier alpha value is -2.58. The van der Waals surface area contributed by atoms with E-state index in [1.165, 1.54) is 12.1 Å². The molecule has 0 fully saturated rings. The molecular weight excluding hydrogens is 401 g/mol. The normalized spacial score (nSPS) is 11.8. The molecule has 6 nitrogen and oxygen atoms in total. The lowest BCUT2D eigenvalue weighted by molar-refractivity contribution is 0.281. The molecule has 0 spiro atoms. The molecule has 3 aromatic rings. The number of aliphatic hydroxyl groups excluding tert-OH is 1. The lowest BCUT2D eigenvalue weighted by atomic mass is 10.2. The molecule has 134 valence electrons. The highest BCUT2D eigenvalue weighted by atomic mass is 79.9. The van der Waals surface area contributed by atoms with Crippen molar-refractivity contribution in [3.8, 4) is 11.4 Å². The lowest BCUT2D eigenvalue weighted by Crippen LogP contribution is -2.21. The fraction of sp³-hybridized carbons (Fsp3) is 0.167. The first kappa shape index (κ1) is 18.2. The summed E-state index contributed by atoms with van der Waals surface area (Å²) in [5.74, 6) is 0.537. The molecular formula is C18H17BrFN5O. The zero-order chi connectivity index (χ0) is 18.5. The summed E-state index contributed by atoms with van der Waals surface area (Å²) in [6.07, 6.45) is 1.69. The average Bonchev–Trinajstić information content (AvgIpc) is 2.64. The van der Waals surface area contributed by atoms with Crippen LogP contribution < -0.4 is 10.6 Å². The maximum absolute atomic E-state index is 13.3. The highest BCUT2D eigenvalue weighted by molar-refractivity contribution is 9.10. The number of nitrogens with zero attached hydrogens (tertiary/aromatic N) is 3. The van der Waals surface area contributed by atoms with E-state index in [4.69, 9.17) is 0 Å². The molecule has 2 aromatic heterocycles. The minimum absolute atomic E-state index is 0.0521. The molecule has 3 N–H and O–H groups in total. The predicted molar refractivity (Wildman–Crippen MR) is 103 cm³/mol. The van der Waals surface area contributed by atoms with E-state index in [9.17, 15) is 9.50 Å². The van der Waals surface area contributed by atoms with E-state index in [2.05, 4.69) is 41.5 Å². The largest absolute Gasteiger partial charge is 0.394 e. The van der Waals surface area contributed by atoms with Crippen LogP contribution in [-0.2, 0) is 0 Å². The molecule has 0 unspecified atom stereocenters. The first-order valence-electron chi connectivity index (χ1n) is 7.95. The SMILES string of the molecule is C[C@@H](CO)Nc1nc(Nc2ccc(F)cc2Br)cc(-c2ccccn2)n1. The molecule has 0 amide bonds. The molecule has 0 saturated heterocycles. The van der Waals surface area contributed by atoms with Crippen molar-refractivity contribution in [2.75, 3.05) is 17.2 Å². The molecule has 26 heavy (non-hydrogen) atoms. The highest BCUT2D eigenvalue weighted by Crippen LogP contribution is 2.28. The molecule has 1 atom stereocenters. The van der Waals surface area contributed by atoms with Crippen molar-refractivity contribution in [1.29, 1.82) is 0 Å². The second kappa shape index (κ2) is 8.20. The van der Waals surface area contributed by atoms with Crippen LogP contribution in [0.15, 0.2) is 53.1 Å². The van der Waals surface area contributed by atoms with Gasteiger partial charge in [0.2, 0.25) is 5.95 Å². The summed E-state index contributed by atoms with van der Waals surface area (Å²) >= 11 is 3.33. The Bertz CT molecular complexity index is 894. The molecule has 8 heteroatoms. The van der Waals surface area contributed by atoms with Gasteiger partial charge in [-0.05, 0) is 53.2 Å². The first-order chi connectivity index (χ1) is 12.5. The van der Waals surface area contributed by atoms with Crippen molar-refractivity contribution in [3.63, 3.8) is 0 Å². The number of halogens is 2. The molecule has 0 saturated carbocycles. The van der Waals surface area contributed by atoms with Crippen LogP contribution in [0.2, 0.25) is 0 Å². The highest BCUT2D eigenvalue weighted by Gasteiger charge is 2.11. The molecule has 0 aliphatic rings. The van der Waals surface area contributed by atoms with Crippen molar-refractivity contribution in [2.45, 2.75) is 13.0 Å². The fourth-order valence-corrected chi connectivity index (χ4v) is 2.67. The summed E-state index contributed by atoms with van der Waals surface area (Å²) in [5, 5.41) is 15.4. The van der Waals surface area contributed by atoms with Gasteiger partial charge >= 0.3 is 0 Å². The number of pyridine rings is 1. The van der Waals surface area contributed by atoms with Gasteiger partial charge in [0.15, 0.2) is 0 Å². The van der Waals surface area contributed by atoms with Gasteiger partial charge in [-0.15, -0.1) is 0 Å². The Morgan fingerprint density at radius 2 is 2.00 bits per heavy atom. The molecule has 0 radical (unpaired) electrons. The van der Waals surface area contributed by atoms with Crippen LogP contribution in [0.5, 0.6) is 0 Å². The fourth-order valence-electron chi connectivity index (χ4n) is 2.22. The summed E-state index contributed by atoms with van der Waals surface area (Å²) in [7, 11) is 0. The number of rotatable bonds is 6. The van der Waals surface area contributed by atoms with Crippen molar-refractivity contribution in [2.24, 2.45) is 0 Å². The van der Waals surface area contributed by atoms with Crippen LogP contribution in [-0.4, -0.2) is 32.7 Å². The van der Waals surface area contributed by atoms with Crippen LogP contribution in [0.1, 0.15) is 6.92 Å². The molecule has 1 aromatic carbocycles. The van der Waals surface area contributed by atoms with E-state index in [1.807, 2.05) is 25.1 Å². The molecule has 0 aliphatic heterocycles. The Morgan fingerprint density at radius 3 is 2.69 bits per heavy atom. The van der Waals surface area contributed by atoms with Crippen LogP contribution in [0.3, 0.4) is 0 Å². The summed E-state index contributed by atoms with van der Waals surface area (Å²) in [5.41, 5.74) is 1.98.